The van der Waals surface area contributed by atoms with E-state index in [9.17, 15) is 0 Å². The summed E-state index contributed by atoms with van der Waals surface area (Å²) < 4.78 is 0. The van der Waals surface area contributed by atoms with Crippen LogP contribution in [0.3, 0.4) is 0 Å². The fourth-order valence-corrected chi connectivity index (χ4v) is 1.25. The van der Waals surface area contributed by atoms with Crippen molar-refractivity contribution < 1.29 is 0 Å². The van der Waals surface area contributed by atoms with Gasteiger partial charge in [-0.3, -0.25) is 0 Å². The standard InChI is InChI=1S/C9H13ClN2/c1-12-6-5-7-3-2-4-8(10)9(7)11/h2-4,12H,5-6,11H2,1H3. The van der Waals surface area contributed by atoms with Crippen LogP contribution in [0.2, 0.25) is 5.02 Å². The van der Waals surface area contributed by atoms with Crippen molar-refractivity contribution in [3.63, 3.8) is 0 Å². The number of hydrogen-bond donors (Lipinski definition) is 2. The maximum absolute atomic E-state index is 5.85. The molecule has 2 nitrogen and oxygen atoms in total. The molecule has 3 N–H and O–H groups in total. The number of anilines is 1. The Labute approximate surface area is 77.7 Å². The van der Waals surface area contributed by atoms with E-state index in [1.54, 1.807) is 6.07 Å². The Balaban J connectivity index is 2.78. The van der Waals surface area contributed by atoms with Gasteiger partial charge in [0.2, 0.25) is 0 Å². The van der Waals surface area contributed by atoms with Crippen LogP contribution in [0.4, 0.5) is 5.69 Å². The molecule has 0 unspecified atom stereocenters. The minimum absolute atomic E-state index is 0.642. The van der Waals surface area contributed by atoms with Crippen LogP contribution in [0.5, 0.6) is 0 Å². The van der Waals surface area contributed by atoms with Gasteiger partial charge in [-0.15, -0.1) is 0 Å². The maximum Gasteiger partial charge on any atom is 0.0638 e. The van der Waals surface area contributed by atoms with Gasteiger partial charge in [0.15, 0.2) is 0 Å². The third-order valence-electron chi connectivity index (χ3n) is 1.79. The van der Waals surface area contributed by atoms with Crippen molar-refractivity contribution in [3.8, 4) is 0 Å². The van der Waals surface area contributed by atoms with Crippen LogP contribution in [0.15, 0.2) is 18.2 Å². The molecule has 0 aliphatic heterocycles. The van der Waals surface area contributed by atoms with Crippen LogP contribution in [-0.2, 0) is 6.42 Å². The molecule has 0 saturated heterocycles. The summed E-state index contributed by atoms with van der Waals surface area (Å²) in [5.74, 6) is 0. The molecule has 0 bridgehead atoms. The molecule has 0 aliphatic rings. The second-order valence-corrected chi connectivity index (χ2v) is 3.07. The lowest BCUT2D eigenvalue weighted by atomic mass is 10.1. The quantitative estimate of drug-likeness (QED) is 0.702. The molecular weight excluding hydrogens is 172 g/mol. The van der Waals surface area contributed by atoms with Crippen LogP contribution in [0, 0.1) is 0 Å². The maximum atomic E-state index is 5.85. The number of hydrogen-bond acceptors (Lipinski definition) is 2. The summed E-state index contributed by atoms with van der Waals surface area (Å²) in [6.07, 6.45) is 0.920. The molecule has 0 fully saturated rings. The molecule has 0 aromatic heterocycles. The normalized spacial score (nSPS) is 10.2. The van der Waals surface area contributed by atoms with Crippen LogP contribution in [-0.4, -0.2) is 13.6 Å². The van der Waals surface area contributed by atoms with Crippen LogP contribution >= 0.6 is 11.6 Å². The lowest BCUT2D eigenvalue weighted by Gasteiger charge is -2.05. The Bertz CT molecular complexity index is 261. The zero-order valence-electron chi connectivity index (χ0n) is 7.10. The summed E-state index contributed by atoms with van der Waals surface area (Å²) in [4.78, 5) is 0. The van der Waals surface area contributed by atoms with E-state index >= 15 is 0 Å². The van der Waals surface area contributed by atoms with Gasteiger partial charge in [0.05, 0.1) is 10.7 Å². The molecule has 3 heteroatoms. The van der Waals surface area contributed by atoms with E-state index in [1.165, 1.54) is 0 Å². The lowest BCUT2D eigenvalue weighted by molar-refractivity contribution is 0.793. The number of benzene rings is 1. The number of halogens is 1. The molecular formula is C9H13ClN2. The van der Waals surface area contributed by atoms with Crippen molar-refractivity contribution in [2.24, 2.45) is 0 Å². The lowest BCUT2D eigenvalue weighted by Crippen LogP contribution is -2.11. The Morgan fingerprint density at radius 1 is 1.50 bits per heavy atom. The molecule has 0 radical (unpaired) electrons. The molecule has 0 spiro atoms. The second-order valence-electron chi connectivity index (χ2n) is 2.67. The average molecular weight is 185 g/mol. The van der Waals surface area contributed by atoms with Crippen LogP contribution in [0.25, 0.3) is 0 Å². The largest absolute Gasteiger partial charge is 0.397 e. The second kappa shape index (κ2) is 4.33. The molecule has 12 heavy (non-hydrogen) atoms. The highest BCUT2D eigenvalue weighted by atomic mass is 35.5. The number of nitrogen functional groups attached to an aromatic ring is 1. The van der Waals surface area contributed by atoms with Gasteiger partial charge in [-0.1, -0.05) is 23.7 Å². The van der Waals surface area contributed by atoms with Crippen molar-refractivity contribution >= 4 is 17.3 Å². The summed E-state index contributed by atoms with van der Waals surface area (Å²) in [6, 6.07) is 5.72. The topological polar surface area (TPSA) is 38.0 Å². The highest BCUT2D eigenvalue weighted by molar-refractivity contribution is 6.33. The summed E-state index contributed by atoms with van der Waals surface area (Å²) in [7, 11) is 1.92. The molecule has 1 aromatic rings. The average Bonchev–Trinajstić information content (AvgIpc) is 2.08. The van der Waals surface area contributed by atoms with Crippen molar-refractivity contribution in [2.45, 2.75) is 6.42 Å². The van der Waals surface area contributed by atoms with Crippen LogP contribution in [0.1, 0.15) is 5.56 Å². The van der Waals surface area contributed by atoms with Gasteiger partial charge in [0.25, 0.3) is 0 Å². The molecule has 66 valence electrons. The van der Waals surface area contributed by atoms with Crippen LogP contribution < -0.4 is 11.1 Å². The zero-order chi connectivity index (χ0) is 8.97. The number of para-hydroxylation sites is 1. The molecule has 0 aliphatic carbocycles. The summed E-state index contributed by atoms with van der Waals surface area (Å²) >= 11 is 5.85. The molecule has 1 aromatic carbocycles. The third-order valence-corrected chi connectivity index (χ3v) is 2.12. The SMILES string of the molecule is CNCCc1cccc(Cl)c1N. The molecule has 0 saturated carbocycles. The highest BCUT2D eigenvalue weighted by Gasteiger charge is 2.00. The first-order valence-corrected chi connectivity index (χ1v) is 4.31. The first kappa shape index (κ1) is 9.36. The third kappa shape index (κ3) is 2.13. The number of nitrogens with one attached hydrogen (secondary N) is 1. The highest BCUT2D eigenvalue weighted by Crippen LogP contribution is 2.22. The minimum atomic E-state index is 0.642. The van der Waals surface area contributed by atoms with Gasteiger partial charge in [0, 0.05) is 0 Å². The number of nitrogens with two attached hydrogens (primary N) is 1. The molecule has 0 heterocycles. The van der Waals surface area contributed by atoms with Gasteiger partial charge in [-0.2, -0.15) is 0 Å². The van der Waals surface area contributed by atoms with E-state index in [0.29, 0.717) is 10.7 Å². The summed E-state index contributed by atoms with van der Waals surface area (Å²) in [5, 5.41) is 3.71. The first-order valence-electron chi connectivity index (χ1n) is 3.93. The van der Waals surface area contributed by atoms with Crippen molar-refractivity contribution in [1.82, 2.24) is 5.32 Å². The monoisotopic (exact) mass is 184 g/mol. The van der Waals surface area contributed by atoms with Gasteiger partial charge < -0.3 is 11.1 Å². The van der Waals surface area contributed by atoms with E-state index in [0.717, 1.165) is 18.5 Å². The van der Waals surface area contributed by atoms with Gasteiger partial charge in [0.1, 0.15) is 0 Å². The smallest absolute Gasteiger partial charge is 0.0638 e. The predicted octanol–water partition coefficient (Wildman–Crippen LogP) is 1.68. The van der Waals surface area contributed by atoms with E-state index in [1.807, 2.05) is 19.2 Å². The van der Waals surface area contributed by atoms with Crippen molar-refractivity contribution in [3.05, 3.63) is 28.8 Å². The van der Waals surface area contributed by atoms with Gasteiger partial charge >= 0.3 is 0 Å². The fraction of sp³-hybridized carbons (Fsp3) is 0.333. The Kier molecular flexibility index (Phi) is 3.38. The fourth-order valence-electron chi connectivity index (χ4n) is 1.06. The Morgan fingerprint density at radius 3 is 2.92 bits per heavy atom. The Morgan fingerprint density at radius 2 is 2.25 bits per heavy atom. The summed E-state index contributed by atoms with van der Waals surface area (Å²) in [6.45, 7) is 0.921. The predicted molar refractivity (Wildman–Crippen MR) is 53.5 cm³/mol. The molecule has 0 atom stereocenters. The molecule has 0 amide bonds. The van der Waals surface area contributed by atoms with Gasteiger partial charge in [-0.05, 0) is 31.6 Å². The number of likely N-dealkylation sites (N-methyl/N-ethyl adjacent to an activating group) is 1. The zero-order valence-corrected chi connectivity index (χ0v) is 7.86. The first-order chi connectivity index (χ1) is 5.75. The Hall–Kier alpha value is -0.730. The van der Waals surface area contributed by atoms with E-state index in [2.05, 4.69) is 5.32 Å². The minimum Gasteiger partial charge on any atom is -0.397 e. The molecule has 1 rings (SSSR count). The number of rotatable bonds is 3. The van der Waals surface area contributed by atoms with Crippen molar-refractivity contribution in [2.75, 3.05) is 19.3 Å². The van der Waals surface area contributed by atoms with Gasteiger partial charge in [-0.25, -0.2) is 0 Å². The van der Waals surface area contributed by atoms with E-state index in [4.69, 9.17) is 17.3 Å². The summed E-state index contributed by atoms with van der Waals surface area (Å²) in [5.41, 5.74) is 7.57. The van der Waals surface area contributed by atoms with E-state index < -0.39 is 0 Å². The van der Waals surface area contributed by atoms with Crippen molar-refractivity contribution in [1.29, 1.82) is 0 Å². The van der Waals surface area contributed by atoms with E-state index in [-0.39, 0.29) is 0 Å².